The highest BCUT2D eigenvalue weighted by Gasteiger charge is 2.17. The highest BCUT2D eigenvalue weighted by Crippen LogP contribution is 2.36. The van der Waals surface area contributed by atoms with Crippen molar-refractivity contribution in [3.8, 4) is 102 Å². The summed E-state index contributed by atoms with van der Waals surface area (Å²) in [6.45, 7) is 1.86. The molecule has 0 aliphatic rings. The van der Waals surface area contributed by atoms with Gasteiger partial charge >= 0.3 is 0 Å². The number of hydrogen-bond donors (Lipinski definition) is 2. The first-order chi connectivity index (χ1) is 40.5. The summed E-state index contributed by atoms with van der Waals surface area (Å²) in [7, 11) is 0. The molecule has 0 aliphatic heterocycles. The summed E-state index contributed by atoms with van der Waals surface area (Å²) in [4.78, 5) is 63.1. The van der Waals surface area contributed by atoms with Crippen LogP contribution in [0.3, 0.4) is 0 Å². The minimum Gasteiger partial charge on any atom is -0.493 e. The molecule has 82 heavy (non-hydrogen) atoms. The molecule has 0 radical (unpaired) electrons. The van der Waals surface area contributed by atoms with Crippen LogP contribution in [0.15, 0.2) is 219 Å². The summed E-state index contributed by atoms with van der Waals surface area (Å²) in [6.07, 6.45) is 13.0. The van der Waals surface area contributed by atoms with Crippen molar-refractivity contribution in [3.05, 3.63) is 230 Å². The fourth-order valence-corrected chi connectivity index (χ4v) is 9.01. The third kappa shape index (κ3) is 13.4. The van der Waals surface area contributed by atoms with Crippen LogP contribution in [-0.4, -0.2) is 88.2 Å². The number of carbonyl (C=O) groups is 2. The van der Waals surface area contributed by atoms with Gasteiger partial charge in [0.25, 0.3) is 11.8 Å². The monoisotopic (exact) mass is 1080 g/mol. The fourth-order valence-electron chi connectivity index (χ4n) is 9.01. The lowest BCUT2D eigenvalue weighted by atomic mass is 10.0. The number of amides is 2. The zero-order chi connectivity index (χ0) is 55.7. The van der Waals surface area contributed by atoms with Gasteiger partial charge in [-0.15, -0.1) is 10.2 Å². The molecular weight excluding hydrogens is 1020 g/mol. The van der Waals surface area contributed by atoms with Gasteiger partial charge in [-0.1, -0.05) is 60.7 Å². The van der Waals surface area contributed by atoms with Crippen LogP contribution in [0.1, 0.15) is 46.4 Å². The van der Waals surface area contributed by atoms with E-state index in [0.29, 0.717) is 73.0 Å². The van der Waals surface area contributed by atoms with Crippen molar-refractivity contribution in [2.45, 2.75) is 25.7 Å². The predicted molar refractivity (Wildman–Crippen MR) is 315 cm³/mol. The lowest BCUT2D eigenvalue weighted by Crippen LogP contribution is -2.24. The standard InChI is InChI=1S/C66H54N12O4/c79-65(71-35-13-15-37-81-63-23-3-1-17-49(63)47-39-59(51-19-5-9-31-67-51)75-60(40-47)52-20-6-10-32-68-52)45-25-27-55(73-43-45)57-29-30-58(78-77-57)56-28-26-46(44-74-56)66(80)72-36-14-16-38-82-64-24-4-2-18-50(64)48-41-61(53-21-7-11-33-69-53)76-62(42-48)54-22-8-12-34-70-54/h1-12,17-34,39-44H,13-16,35-38H2,(H,71,79)(H,72,80). The molecule has 0 unspecified atom stereocenters. The third-order valence-corrected chi connectivity index (χ3v) is 13.2. The minimum atomic E-state index is -0.224. The normalized spacial score (nSPS) is 10.9. The molecular formula is C66H54N12O4. The first-order valence-corrected chi connectivity index (χ1v) is 27.0. The molecule has 0 spiro atoms. The van der Waals surface area contributed by atoms with Gasteiger partial charge in [0.05, 0.1) is 81.3 Å². The Morgan fingerprint density at radius 1 is 0.341 bits per heavy atom. The molecule has 9 heterocycles. The van der Waals surface area contributed by atoms with Crippen LogP contribution in [0.4, 0.5) is 0 Å². The number of para-hydroxylation sites is 2. The number of hydrogen-bond acceptors (Lipinski definition) is 14. The van der Waals surface area contributed by atoms with Gasteiger partial charge in [-0.05, 0) is 158 Å². The maximum absolute atomic E-state index is 13.1. The van der Waals surface area contributed by atoms with Gasteiger partial charge in [0.15, 0.2) is 0 Å². The van der Waals surface area contributed by atoms with Crippen molar-refractivity contribution >= 4 is 11.8 Å². The molecule has 0 atom stereocenters. The number of benzene rings is 2. The number of nitrogens with one attached hydrogen (secondary N) is 2. The second kappa shape index (κ2) is 26.3. The molecule has 2 aromatic carbocycles. The summed E-state index contributed by atoms with van der Waals surface area (Å²) in [5.74, 6) is 1.04. The van der Waals surface area contributed by atoms with Gasteiger partial charge < -0.3 is 20.1 Å². The van der Waals surface area contributed by atoms with Gasteiger partial charge in [0.1, 0.15) is 22.9 Å². The molecule has 0 bridgehead atoms. The van der Waals surface area contributed by atoms with Gasteiger partial charge in [-0.3, -0.25) is 39.5 Å². The van der Waals surface area contributed by atoms with Gasteiger partial charge in [-0.2, -0.15) is 0 Å². The van der Waals surface area contributed by atoms with Crippen molar-refractivity contribution in [1.82, 2.24) is 60.7 Å². The summed E-state index contributed by atoms with van der Waals surface area (Å²) < 4.78 is 12.6. The number of carbonyl (C=O) groups excluding carboxylic acids is 2. The Morgan fingerprint density at radius 3 is 1.01 bits per heavy atom. The van der Waals surface area contributed by atoms with E-state index in [2.05, 4.69) is 50.7 Å². The topological polar surface area (TPSA) is 206 Å². The highest BCUT2D eigenvalue weighted by molar-refractivity contribution is 5.94. The quantitative estimate of drug-likeness (QED) is 0.0606. The van der Waals surface area contributed by atoms with Crippen LogP contribution < -0.4 is 20.1 Å². The first kappa shape index (κ1) is 53.3. The van der Waals surface area contributed by atoms with Crippen molar-refractivity contribution in [1.29, 1.82) is 0 Å². The minimum absolute atomic E-state index is 0.224. The number of aromatic nitrogens is 10. The Kier molecular flexibility index (Phi) is 17.1. The van der Waals surface area contributed by atoms with Crippen LogP contribution in [0.5, 0.6) is 11.5 Å². The molecule has 0 fully saturated rings. The van der Waals surface area contributed by atoms with E-state index >= 15 is 0 Å². The largest absolute Gasteiger partial charge is 0.493 e. The highest BCUT2D eigenvalue weighted by atomic mass is 16.5. The Hall–Kier alpha value is -10.7. The zero-order valence-corrected chi connectivity index (χ0v) is 44.5. The first-order valence-electron chi connectivity index (χ1n) is 27.0. The molecule has 16 heteroatoms. The van der Waals surface area contributed by atoms with E-state index in [4.69, 9.17) is 19.4 Å². The second-order valence-electron chi connectivity index (χ2n) is 18.9. The van der Waals surface area contributed by atoms with Crippen molar-refractivity contribution in [2.75, 3.05) is 26.3 Å². The van der Waals surface area contributed by atoms with Crippen LogP contribution in [-0.2, 0) is 0 Å². The summed E-state index contributed by atoms with van der Waals surface area (Å²) in [5.41, 5.74) is 12.8. The maximum Gasteiger partial charge on any atom is 0.252 e. The van der Waals surface area contributed by atoms with Crippen molar-refractivity contribution in [2.24, 2.45) is 0 Å². The molecule has 16 nitrogen and oxygen atoms in total. The average Bonchev–Trinajstić information content (AvgIpc) is 3.63. The number of unbranched alkanes of at least 4 members (excludes halogenated alkanes) is 2. The number of ether oxygens (including phenoxy) is 2. The summed E-state index contributed by atoms with van der Waals surface area (Å²) in [5, 5.41) is 14.7. The van der Waals surface area contributed by atoms with E-state index in [-0.39, 0.29) is 11.8 Å². The van der Waals surface area contributed by atoms with Crippen LogP contribution in [0.2, 0.25) is 0 Å². The molecule has 2 N–H and O–H groups in total. The van der Waals surface area contributed by atoms with E-state index in [1.165, 1.54) is 12.4 Å². The van der Waals surface area contributed by atoms with E-state index in [9.17, 15) is 9.59 Å². The molecule has 0 aliphatic carbocycles. The smallest absolute Gasteiger partial charge is 0.252 e. The Bertz CT molecular complexity index is 3530. The Balaban J connectivity index is 0.614. The molecule has 402 valence electrons. The summed E-state index contributed by atoms with van der Waals surface area (Å²) in [6, 6.07) is 57.5. The number of pyridine rings is 8. The third-order valence-electron chi connectivity index (χ3n) is 13.2. The van der Waals surface area contributed by atoms with Crippen LogP contribution >= 0.6 is 0 Å². The molecule has 2 amide bonds. The van der Waals surface area contributed by atoms with Crippen molar-refractivity contribution in [3.63, 3.8) is 0 Å². The molecule has 9 aromatic heterocycles. The summed E-state index contributed by atoms with van der Waals surface area (Å²) >= 11 is 0. The maximum atomic E-state index is 13.1. The lowest BCUT2D eigenvalue weighted by molar-refractivity contribution is 0.0944. The second-order valence-corrected chi connectivity index (χ2v) is 18.9. The molecule has 0 saturated carbocycles. The SMILES string of the molecule is O=C(NCCCCOc1ccccc1-c1cc(-c2ccccn2)nc(-c2ccccn2)c1)c1ccc(-c2ccc(-c3ccc(C(=O)NCCCCOc4ccccc4-c4cc(-c5ccccn5)nc(-c5ccccn5)c4)cn3)nn2)nc1. The van der Waals surface area contributed by atoms with Crippen molar-refractivity contribution < 1.29 is 19.1 Å². The lowest BCUT2D eigenvalue weighted by Gasteiger charge is -2.14. The average molecular weight is 1080 g/mol. The Labute approximate surface area is 473 Å². The van der Waals surface area contributed by atoms with E-state index < -0.39 is 0 Å². The number of rotatable bonds is 22. The number of nitrogens with zero attached hydrogens (tertiary/aromatic N) is 10. The molecule has 11 rings (SSSR count). The van der Waals surface area contributed by atoms with E-state index in [1.54, 1.807) is 61.2 Å². The van der Waals surface area contributed by atoms with Gasteiger partial charge in [0, 0.05) is 61.4 Å². The van der Waals surface area contributed by atoms with Crippen LogP contribution in [0, 0.1) is 0 Å². The van der Waals surface area contributed by atoms with E-state index in [0.717, 1.165) is 92.1 Å². The van der Waals surface area contributed by atoms with Gasteiger partial charge in [0.2, 0.25) is 0 Å². The van der Waals surface area contributed by atoms with Crippen LogP contribution in [0.25, 0.3) is 90.6 Å². The van der Waals surface area contributed by atoms with Gasteiger partial charge in [-0.25, -0.2) is 9.97 Å². The zero-order valence-electron chi connectivity index (χ0n) is 44.5. The Morgan fingerprint density at radius 2 is 0.683 bits per heavy atom. The fraction of sp³-hybridized carbons (Fsp3) is 0.121. The molecule has 0 saturated heterocycles. The molecule has 11 aromatic rings. The predicted octanol–water partition coefficient (Wildman–Crippen LogP) is 12.2. The van der Waals surface area contributed by atoms with E-state index in [1.807, 2.05) is 146 Å².